The maximum absolute atomic E-state index is 6.03. The van der Waals surface area contributed by atoms with Crippen molar-refractivity contribution in [1.82, 2.24) is 5.48 Å². The summed E-state index contributed by atoms with van der Waals surface area (Å²) in [5.41, 5.74) is 4.74. The van der Waals surface area contributed by atoms with Crippen molar-refractivity contribution < 1.29 is 19.0 Å². The lowest BCUT2D eigenvalue weighted by Crippen LogP contribution is -2.29. The van der Waals surface area contributed by atoms with E-state index in [0.29, 0.717) is 12.5 Å². The van der Waals surface area contributed by atoms with Gasteiger partial charge in [0.05, 0.1) is 25.0 Å². The molecule has 1 N–H and O–H groups in total. The van der Waals surface area contributed by atoms with Crippen LogP contribution in [-0.4, -0.2) is 31.5 Å². The molecule has 0 radical (unpaired) electrons. The average Bonchev–Trinajstić information content (AvgIpc) is 3.13. The maximum atomic E-state index is 6.03. The van der Waals surface area contributed by atoms with Crippen LogP contribution in [0.3, 0.4) is 0 Å². The third-order valence-electron chi connectivity index (χ3n) is 4.58. The summed E-state index contributed by atoms with van der Waals surface area (Å²) in [6, 6.07) is 6.06. The summed E-state index contributed by atoms with van der Waals surface area (Å²) >= 11 is 0. The Morgan fingerprint density at radius 3 is 2.88 bits per heavy atom. The van der Waals surface area contributed by atoms with Crippen LogP contribution in [-0.2, 0) is 9.57 Å². The van der Waals surface area contributed by atoms with Crippen LogP contribution in [0.1, 0.15) is 38.7 Å². The van der Waals surface area contributed by atoms with E-state index in [1.54, 1.807) is 0 Å². The fraction of sp³-hybridized carbons (Fsp3) is 0.579. The molecule has 5 nitrogen and oxygen atoms in total. The van der Waals surface area contributed by atoms with Gasteiger partial charge >= 0.3 is 0 Å². The summed E-state index contributed by atoms with van der Waals surface area (Å²) in [5.74, 6) is 2.30. The van der Waals surface area contributed by atoms with E-state index >= 15 is 0 Å². The van der Waals surface area contributed by atoms with Gasteiger partial charge in [-0.1, -0.05) is 0 Å². The van der Waals surface area contributed by atoms with Crippen LogP contribution in [0.5, 0.6) is 11.5 Å². The van der Waals surface area contributed by atoms with E-state index < -0.39 is 0 Å². The van der Waals surface area contributed by atoms with Crippen LogP contribution in [0.2, 0.25) is 0 Å². The molecule has 4 rings (SSSR count). The van der Waals surface area contributed by atoms with Crippen molar-refractivity contribution in [2.45, 2.75) is 44.8 Å². The first-order chi connectivity index (χ1) is 11.6. The Morgan fingerprint density at radius 2 is 2.17 bits per heavy atom. The van der Waals surface area contributed by atoms with E-state index in [2.05, 4.69) is 11.6 Å². The molecular formula is C19H25NO4. The van der Waals surface area contributed by atoms with Gasteiger partial charge in [0.15, 0.2) is 11.5 Å². The largest absolute Gasteiger partial charge is 0.489 e. The fourth-order valence-corrected chi connectivity index (χ4v) is 3.01. The van der Waals surface area contributed by atoms with Gasteiger partial charge in [-0.25, -0.2) is 0 Å². The van der Waals surface area contributed by atoms with E-state index in [1.807, 2.05) is 32.0 Å². The van der Waals surface area contributed by atoms with Crippen LogP contribution < -0.4 is 15.0 Å². The van der Waals surface area contributed by atoms with Crippen LogP contribution in [0.4, 0.5) is 0 Å². The van der Waals surface area contributed by atoms with Gasteiger partial charge in [0.1, 0.15) is 5.60 Å². The van der Waals surface area contributed by atoms with Crippen LogP contribution >= 0.6 is 0 Å². The molecule has 2 fully saturated rings. The minimum Gasteiger partial charge on any atom is -0.489 e. The molecule has 1 unspecified atom stereocenters. The molecule has 5 heteroatoms. The van der Waals surface area contributed by atoms with Gasteiger partial charge in [-0.05, 0) is 56.9 Å². The molecule has 1 atom stereocenters. The zero-order chi connectivity index (χ0) is 16.6. The van der Waals surface area contributed by atoms with Gasteiger partial charge < -0.3 is 14.2 Å². The normalized spacial score (nSPS) is 25.9. The second-order valence-electron chi connectivity index (χ2n) is 7.21. The van der Waals surface area contributed by atoms with Crippen molar-refractivity contribution >= 4 is 5.70 Å². The first-order valence-corrected chi connectivity index (χ1v) is 8.82. The van der Waals surface area contributed by atoms with E-state index in [1.165, 1.54) is 12.8 Å². The van der Waals surface area contributed by atoms with Crippen LogP contribution in [0.15, 0.2) is 24.3 Å². The predicted octanol–water partition coefficient (Wildman–Crippen LogP) is 3.30. The summed E-state index contributed by atoms with van der Waals surface area (Å²) in [4.78, 5) is 5.77. The van der Waals surface area contributed by atoms with Crippen molar-refractivity contribution in [3.05, 3.63) is 29.8 Å². The highest BCUT2D eigenvalue weighted by Crippen LogP contribution is 2.37. The molecule has 3 aliphatic rings. The third-order valence-corrected chi connectivity index (χ3v) is 4.58. The van der Waals surface area contributed by atoms with Crippen molar-refractivity contribution in [3.8, 4) is 11.5 Å². The molecule has 0 aromatic heterocycles. The first kappa shape index (κ1) is 15.8. The number of nitrogens with one attached hydrogen (secondary N) is 1. The van der Waals surface area contributed by atoms with Crippen LogP contribution in [0.25, 0.3) is 5.70 Å². The summed E-state index contributed by atoms with van der Waals surface area (Å²) in [7, 11) is 0. The van der Waals surface area contributed by atoms with Crippen molar-refractivity contribution in [2.24, 2.45) is 5.92 Å². The molecule has 1 saturated carbocycles. The van der Waals surface area contributed by atoms with Crippen LogP contribution in [0, 0.1) is 5.92 Å². The Kier molecular flexibility index (Phi) is 4.14. The van der Waals surface area contributed by atoms with E-state index in [9.17, 15) is 0 Å². The lowest BCUT2D eigenvalue weighted by atomic mass is 10.0. The number of hydrogen-bond donors (Lipinski definition) is 1. The minimum atomic E-state index is -0.322. The molecule has 1 aromatic carbocycles. The Hall–Kier alpha value is -1.72. The molecule has 24 heavy (non-hydrogen) atoms. The number of hydroxylamine groups is 1. The zero-order valence-corrected chi connectivity index (χ0v) is 14.3. The molecule has 0 amide bonds. The first-order valence-electron chi connectivity index (χ1n) is 8.82. The second-order valence-corrected chi connectivity index (χ2v) is 7.21. The zero-order valence-electron chi connectivity index (χ0n) is 14.3. The van der Waals surface area contributed by atoms with Crippen molar-refractivity contribution in [2.75, 3.05) is 19.8 Å². The monoisotopic (exact) mass is 331 g/mol. The lowest BCUT2D eigenvalue weighted by Gasteiger charge is -2.16. The standard InChI is InChI=1S/C19H25NO4/c1-13(2)23-17-6-5-15(9-18(17)22-11-14-3-4-14)16-10-19(24-20-16)7-8-21-12-19/h5-6,9-10,13-14,20H,3-4,7-8,11-12H2,1-2H3. The second kappa shape index (κ2) is 6.30. The van der Waals surface area contributed by atoms with Gasteiger partial charge in [-0.2, -0.15) is 0 Å². The number of ether oxygens (including phenoxy) is 3. The topological polar surface area (TPSA) is 49.0 Å². The lowest BCUT2D eigenvalue weighted by molar-refractivity contribution is -0.0373. The van der Waals surface area contributed by atoms with Gasteiger partial charge in [0.2, 0.25) is 0 Å². The molecule has 1 saturated heterocycles. The van der Waals surface area contributed by atoms with Gasteiger partial charge in [-0.3, -0.25) is 10.3 Å². The van der Waals surface area contributed by atoms with Crippen molar-refractivity contribution in [3.63, 3.8) is 0 Å². The SMILES string of the molecule is CC(C)Oc1ccc(C2=CC3(CCOC3)ON2)cc1OCC1CC1. The highest BCUT2D eigenvalue weighted by Gasteiger charge is 2.39. The third kappa shape index (κ3) is 3.37. The highest BCUT2D eigenvalue weighted by molar-refractivity contribution is 5.68. The molecule has 1 aromatic rings. The number of benzene rings is 1. The quantitative estimate of drug-likeness (QED) is 0.867. The average molecular weight is 331 g/mol. The van der Waals surface area contributed by atoms with Gasteiger partial charge in [0, 0.05) is 18.6 Å². The smallest absolute Gasteiger partial charge is 0.161 e. The molecule has 2 heterocycles. The fourth-order valence-electron chi connectivity index (χ4n) is 3.01. The maximum Gasteiger partial charge on any atom is 0.161 e. The molecule has 1 aliphatic carbocycles. The summed E-state index contributed by atoms with van der Waals surface area (Å²) in [5, 5.41) is 0. The Balaban J connectivity index is 1.57. The molecule has 2 aliphatic heterocycles. The molecule has 130 valence electrons. The highest BCUT2D eigenvalue weighted by atomic mass is 16.7. The van der Waals surface area contributed by atoms with E-state index in [-0.39, 0.29) is 11.7 Å². The van der Waals surface area contributed by atoms with Gasteiger partial charge in [-0.15, -0.1) is 0 Å². The Bertz CT molecular complexity index is 630. The predicted molar refractivity (Wildman–Crippen MR) is 90.8 cm³/mol. The summed E-state index contributed by atoms with van der Waals surface area (Å²) in [6.07, 6.45) is 5.66. The summed E-state index contributed by atoms with van der Waals surface area (Å²) in [6.45, 7) is 6.15. The summed E-state index contributed by atoms with van der Waals surface area (Å²) < 4.78 is 17.4. The Labute approximate surface area is 142 Å². The number of rotatable bonds is 6. The van der Waals surface area contributed by atoms with E-state index in [4.69, 9.17) is 19.0 Å². The van der Waals surface area contributed by atoms with E-state index in [0.717, 1.165) is 42.4 Å². The number of hydrogen-bond acceptors (Lipinski definition) is 5. The van der Waals surface area contributed by atoms with Crippen molar-refractivity contribution in [1.29, 1.82) is 0 Å². The minimum absolute atomic E-state index is 0.116. The van der Waals surface area contributed by atoms with Gasteiger partial charge in [0.25, 0.3) is 0 Å². The molecule has 0 bridgehead atoms. The molecule has 1 spiro atoms. The Morgan fingerprint density at radius 1 is 1.29 bits per heavy atom. The molecular weight excluding hydrogens is 306 g/mol.